The van der Waals surface area contributed by atoms with Crippen LogP contribution in [0.15, 0.2) is 124 Å². The quantitative estimate of drug-likeness (QED) is 0.146. The average molecular weight is 719 g/mol. The summed E-state index contributed by atoms with van der Waals surface area (Å²) in [4.78, 5) is 10.4. The molecule has 1 aromatic heterocycles. The fourth-order valence-electron chi connectivity index (χ4n) is 7.61. The maximum absolute atomic E-state index is 6.62. The normalized spacial score (nSPS) is 12.2. The van der Waals surface area contributed by atoms with Gasteiger partial charge >= 0.3 is 0 Å². The number of hydrogen-bond donors (Lipinski definition) is 0. The van der Waals surface area contributed by atoms with Crippen LogP contribution in [-0.2, 0) is 0 Å². The Morgan fingerprint density at radius 2 is 1.12 bits per heavy atom. The van der Waals surface area contributed by atoms with Crippen molar-refractivity contribution in [2.24, 2.45) is 9.98 Å². The molecule has 0 amide bonds. The third-order valence-electron chi connectivity index (χ3n) is 10.8. The molecule has 12 heteroatoms. The molecule has 252 valence electrons. The van der Waals surface area contributed by atoms with Crippen LogP contribution in [-0.4, -0.2) is 82.2 Å². The van der Waals surface area contributed by atoms with Crippen LogP contribution in [0.1, 0.15) is 29.2 Å². The molecule has 0 saturated heterocycles. The number of para-hydroxylation sites is 1. The summed E-state index contributed by atoms with van der Waals surface area (Å²) in [5, 5.41) is 3.66. The molecule has 1 heterocycles. The molecule has 0 spiro atoms. The molecular weight excluding hydrogens is 694 g/mol. The van der Waals surface area contributed by atoms with Gasteiger partial charge in [0.25, 0.3) is 0 Å². The van der Waals surface area contributed by atoms with Crippen molar-refractivity contribution in [2.45, 2.75) is 13.8 Å². The van der Waals surface area contributed by atoms with Crippen LogP contribution in [0.5, 0.6) is 0 Å². The number of aliphatic imine (C=N–C) groups is 2. The van der Waals surface area contributed by atoms with Crippen LogP contribution in [0, 0.1) is 6.92 Å². The fourth-order valence-corrected chi connectivity index (χ4v) is 7.61. The number of furan rings is 1. The van der Waals surface area contributed by atoms with E-state index < -0.39 is 0 Å². The average Bonchev–Trinajstić information content (AvgIpc) is 3.62. The van der Waals surface area contributed by atoms with E-state index in [2.05, 4.69) is 6.58 Å². The van der Waals surface area contributed by atoms with Gasteiger partial charge in [-0.15, -0.1) is 32.8 Å². The van der Waals surface area contributed by atoms with E-state index in [1.54, 1.807) is 0 Å². The number of nitrogens with zero attached hydrogens (tertiary/aromatic N) is 2. The van der Waals surface area contributed by atoms with Crippen molar-refractivity contribution >= 4 is 170 Å². The lowest BCUT2D eigenvalue weighted by atomic mass is 9.59. The molecule has 18 radical (unpaired) electrons. The predicted octanol–water partition coefficient (Wildman–Crippen LogP) is 1.45. The van der Waals surface area contributed by atoms with Crippen molar-refractivity contribution in [3.05, 3.63) is 132 Å². The SMILES string of the molecule is [B]c1c([B])c([B])c(-c2ccc3ccc(C(=NC(=C)c4cccc5oc6ccccc6c45)N=C(C)c4ccccc4-c4c([B])c([B])c([B])c([B])c4C)cc3c2)c([B])c1[B]. The monoisotopic (exact) mass is 720 g/mol. The lowest BCUT2D eigenvalue weighted by molar-refractivity contribution is 0.669. The van der Waals surface area contributed by atoms with Gasteiger partial charge in [-0.1, -0.05) is 107 Å². The van der Waals surface area contributed by atoms with E-state index >= 15 is 0 Å². The minimum absolute atomic E-state index is 0.151. The van der Waals surface area contributed by atoms with Gasteiger partial charge in [0, 0.05) is 33.2 Å². The van der Waals surface area contributed by atoms with Crippen LogP contribution < -0.4 is 49.2 Å². The molecule has 8 aromatic rings. The van der Waals surface area contributed by atoms with Crippen LogP contribution in [0.3, 0.4) is 0 Å². The first kappa shape index (κ1) is 39.1. The van der Waals surface area contributed by atoms with E-state index in [0.29, 0.717) is 56.0 Å². The summed E-state index contributed by atoms with van der Waals surface area (Å²) in [6.45, 7) is 8.25. The predicted molar refractivity (Wildman–Crippen MR) is 256 cm³/mol. The highest BCUT2D eigenvalue weighted by molar-refractivity contribution is 6.69. The number of benzene rings is 7. The topological polar surface area (TPSA) is 37.9 Å². The molecule has 0 N–H and O–H groups in total. The molecule has 0 aliphatic rings. The van der Waals surface area contributed by atoms with Crippen LogP contribution in [0.25, 0.3) is 60.7 Å². The zero-order chi connectivity index (χ0) is 41.2. The molecule has 0 bridgehead atoms. The largest absolute Gasteiger partial charge is 0.456 e. The van der Waals surface area contributed by atoms with Gasteiger partial charge in [0.05, 0.1) is 5.70 Å². The lowest BCUT2D eigenvalue weighted by Gasteiger charge is -2.22. The fraction of sp³-hybridized carbons (Fsp3) is 0.0435. The molecule has 0 unspecified atom stereocenters. The van der Waals surface area contributed by atoms with Crippen molar-refractivity contribution in [3.8, 4) is 22.3 Å². The van der Waals surface area contributed by atoms with Crippen LogP contribution >= 0.6 is 0 Å². The number of rotatable bonds is 6. The van der Waals surface area contributed by atoms with Gasteiger partial charge in [-0.2, -0.15) is 0 Å². The van der Waals surface area contributed by atoms with Crippen molar-refractivity contribution < 1.29 is 4.42 Å². The van der Waals surface area contributed by atoms with Crippen molar-refractivity contribution in [3.63, 3.8) is 0 Å². The van der Waals surface area contributed by atoms with Crippen molar-refractivity contribution in [2.75, 3.05) is 0 Å². The summed E-state index contributed by atoms with van der Waals surface area (Å²) < 4.78 is 6.19. The van der Waals surface area contributed by atoms with E-state index in [4.69, 9.17) is 85.0 Å². The van der Waals surface area contributed by atoms with Crippen LogP contribution in [0.4, 0.5) is 0 Å². The molecule has 0 atom stereocenters. The smallest absolute Gasteiger partial charge is 0.160 e. The van der Waals surface area contributed by atoms with Gasteiger partial charge in [0.15, 0.2) is 5.84 Å². The molecule has 8 rings (SSSR count). The Hall–Kier alpha value is -5.74. The van der Waals surface area contributed by atoms with Gasteiger partial charge in [-0.05, 0) is 71.1 Å². The molecule has 0 aliphatic carbocycles. The minimum atomic E-state index is 0.151. The Labute approximate surface area is 350 Å². The molecule has 3 nitrogen and oxygen atoms in total. The molecular formula is C46H25B9N2O. The highest BCUT2D eigenvalue weighted by Gasteiger charge is 2.19. The van der Waals surface area contributed by atoms with E-state index in [1.807, 2.05) is 117 Å². The second kappa shape index (κ2) is 15.2. The van der Waals surface area contributed by atoms with E-state index in [-0.39, 0.29) is 38.2 Å². The second-order valence-electron chi connectivity index (χ2n) is 14.3. The van der Waals surface area contributed by atoms with Crippen molar-refractivity contribution in [1.29, 1.82) is 0 Å². The Kier molecular flexibility index (Phi) is 10.3. The Bertz CT molecular complexity index is 3050. The van der Waals surface area contributed by atoms with Crippen LogP contribution in [0.2, 0.25) is 0 Å². The number of fused-ring (bicyclic) bond motifs is 4. The Morgan fingerprint density at radius 1 is 0.534 bits per heavy atom. The third-order valence-corrected chi connectivity index (χ3v) is 10.8. The van der Waals surface area contributed by atoms with E-state index in [0.717, 1.165) is 49.4 Å². The van der Waals surface area contributed by atoms with Gasteiger partial charge in [-0.25, -0.2) is 9.98 Å². The number of hydrogen-bond acceptors (Lipinski definition) is 2. The maximum Gasteiger partial charge on any atom is 0.160 e. The molecule has 7 aromatic carbocycles. The van der Waals surface area contributed by atoms with E-state index in [9.17, 15) is 0 Å². The molecule has 0 aliphatic heterocycles. The molecule has 58 heavy (non-hydrogen) atoms. The summed E-state index contributed by atoms with van der Waals surface area (Å²) in [5.74, 6) is 0.399. The minimum Gasteiger partial charge on any atom is -0.456 e. The zero-order valence-corrected chi connectivity index (χ0v) is 32.0. The van der Waals surface area contributed by atoms with Gasteiger partial charge in [0.1, 0.15) is 81.8 Å². The Morgan fingerprint density at radius 3 is 1.86 bits per heavy atom. The lowest BCUT2D eigenvalue weighted by Crippen LogP contribution is -2.55. The summed E-state index contributed by atoms with van der Waals surface area (Å²) in [6, 6.07) is 33.3. The van der Waals surface area contributed by atoms with Gasteiger partial charge < -0.3 is 4.42 Å². The summed E-state index contributed by atoms with van der Waals surface area (Å²) in [5.41, 5.74) is 10.5. The van der Waals surface area contributed by atoms with Gasteiger partial charge in [-0.3, -0.25) is 0 Å². The third kappa shape index (κ3) is 6.57. The molecule has 0 fully saturated rings. The first-order valence-electron chi connectivity index (χ1n) is 18.4. The Balaban J connectivity index is 1.33. The molecule has 0 saturated carbocycles. The van der Waals surface area contributed by atoms with Crippen molar-refractivity contribution in [1.82, 2.24) is 0 Å². The first-order valence-corrected chi connectivity index (χ1v) is 18.4. The summed E-state index contributed by atoms with van der Waals surface area (Å²) >= 11 is 0. The van der Waals surface area contributed by atoms with Gasteiger partial charge in [0.2, 0.25) is 0 Å². The maximum atomic E-state index is 6.62. The first-order chi connectivity index (χ1) is 27.8. The standard InChI is InChI=1S/C46H25B9N2O/c1-21-34(38(48)42(52)41(51)37(21)47)30-10-5-4-9-28(30)22(2)56-46(57-23(3)29-12-8-14-33-36(29)31-11-6-7-13-32(31)58-33)26-18-16-24-15-17-25(19-27(24)20-26)35-39(49)43(53)45(55)44(54)40(35)50/h4-20H,3H2,1-2H3. The number of amidine groups is 1. The van der Waals surface area contributed by atoms with E-state index in [1.165, 1.54) is 0 Å². The highest BCUT2D eigenvalue weighted by Crippen LogP contribution is 2.35. The summed E-state index contributed by atoms with van der Waals surface area (Å²) in [6.07, 6.45) is 0. The second-order valence-corrected chi connectivity index (χ2v) is 14.3. The highest BCUT2D eigenvalue weighted by atomic mass is 16.3. The summed E-state index contributed by atoms with van der Waals surface area (Å²) in [7, 11) is 57.1. The zero-order valence-electron chi connectivity index (χ0n) is 32.0.